The van der Waals surface area contributed by atoms with E-state index < -0.39 is 0 Å². The maximum atomic E-state index is 13.0. The lowest BCUT2D eigenvalue weighted by Crippen LogP contribution is -2.31. The highest BCUT2D eigenvalue weighted by atomic mass is 16.1. The summed E-state index contributed by atoms with van der Waals surface area (Å²) in [6.45, 7) is 2.12. The van der Waals surface area contributed by atoms with Crippen LogP contribution in [0.5, 0.6) is 0 Å². The number of piperidine rings is 1. The summed E-state index contributed by atoms with van der Waals surface area (Å²) in [6, 6.07) is 8.36. The van der Waals surface area contributed by atoms with Gasteiger partial charge in [0, 0.05) is 36.8 Å². The van der Waals surface area contributed by atoms with Gasteiger partial charge < -0.3 is 10.2 Å². The molecule has 0 radical (unpaired) electrons. The van der Waals surface area contributed by atoms with Crippen LogP contribution in [0.25, 0.3) is 16.6 Å². The number of fused-ring (bicyclic) bond motifs is 2. The summed E-state index contributed by atoms with van der Waals surface area (Å²) in [5, 5.41) is 7.48. The highest BCUT2D eigenvalue weighted by Crippen LogP contribution is 2.33. The maximum Gasteiger partial charge on any atom is 0.257 e. The molecule has 1 aliphatic carbocycles. The SMILES string of the molecule is CN1CCC(n2cc(NC(=O)c3cnc4c(c3)C(c3ccc5nccnc5c3)=CC4)cn2)CC1. The first-order valence-electron chi connectivity index (χ1n) is 11.6. The van der Waals surface area contributed by atoms with E-state index in [1.165, 1.54) is 0 Å². The van der Waals surface area contributed by atoms with Crippen molar-refractivity contribution in [1.82, 2.24) is 29.6 Å². The average Bonchev–Trinajstić information content (AvgIpc) is 3.51. The zero-order valence-electron chi connectivity index (χ0n) is 19.0. The normalized spacial score (nSPS) is 16.4. The molecule has 0 atom stereocenters. The van der Waals surface area contributed by atoms with Gasteiger partial charge >= 0.3 is 0 Å². The lowest BCUT2D eigenvalue weighted by molar-refractivity contribution is 0.102. The van der Waals surface area contributed by atoms with Crippen molar-refractivity contribution < 1.29 is 4.79 Å². The van der Waals surface area contributed by atoms with Crippen LogP contribution in [-0.4, -0.2) is 55.7 Å². The van der Waals surface area contributed by atoms with Crippen molar-refractivity contribution in [2.45, 2.75) is 25.3 Å². The van der Waals surface area contributed by atoms with Crippen LogP contribution in [0.3, 0.4) is 0 Å². The standard InChI is InChI=1S/C26H25N7O/c1-32-10-6-20(7-11-32)33-16-19(15-30-33)31-26(34)18-12-22-21(3-5-23(22)29-14-18)17-2-4-24-25(13-17)28-9-8-27-24/h2-4,8-9,12-16,20H,5-7,10-11H2,1H3,(H,31,34). The molecule has 0 unspecified atom stereocenters. The number of hydrogen-bond acceptors (Lipinski definition) is 6. The molecule has 4 heterocycles. The number of likely N-dealkylation sites (tertiary alicyclic amines) is 1. The van der Waals surface area contributed by atoms with Gasteiger partial charge in [-0.15, -0.1) is 0 Å². The van der Waals surface area contributed by atoms with Crippen LogP contribution in [0.15, 0.2) is 61.3 Å². The van der Waals surface area contributed by atoms with E-state index in [4.69, 9.17) is 0 Å². The molecule has 3 aromatic heterocycles. The molecule has 0 spiro atoms. The van der Waals surface area contributed by atoms with Gasteiger partial charge in [0.25, 0.3) is 5.91 Å². The van der Waals surface area contributed by atoms with E-state index in [-0.39, 0.29) is 5.91 Å². The fourth-order valence-electron chi connectivity index (χ4n) is 4.79. The quantitative estimate of drug-likeness (QED) is 0.509. The molecule has 6 rings (SSSR count). The highest BCUT2D eigenvalue weighted by molar-refractivity contribution is 6.05. The third-order valence-corrected chi connectivity index (χ3v) is 6.72. The first-order chi connectivity index (χ1) is 16.6. The Morgan fingerprint density at radius 2 is 1.85 bits per heavy atom. The number of carbonyl (C=O) groups is 1. The van der Waals surface area contributed by atoms with Crippen LogP contribution in [0.2, 0.25) is 0 Å². The van der Waals surface area contributed by atoms with Gasteiger partial charge in [-0.25, -0.2) is 0 Å². The Bertz CT molecular complexity index is 1420. The van der Waals surface area contributed by atoms with E-state index in [1.54, 1.807) is 24.8 Å². The number of hydrogen-bond donors (Lipinski definition) is 1. The molecular formula is C26H25N7O. The van der Waals surface area contributed by atoms with Crippen LogP contribution in [0.4, 0.5) is 5.69 Å². The third-order valence-electron chi connectivity index (χ3n) is 6.72. The van der Waals surface area contributed by atoms with Crippen LogP contribution in [0, 0.1) is 0 Å². The van der Waals surface area contributed by atoms with Gasteiger partial charge in [-0.1, -0.05) is 12.1 Å². The molecule has 8 heteroatoms. The number of rotatable bonds is 4. The topological polar surface area (TPSA) is 88.8 Å². The molecular weight excluding hydrogens is 426 g/mol. The summed E-state index contributed by atoms with van der Waals surface area (Å²) in [7, 11) is 2.14. The number of carbonyl (C=O) groups excluding carboxylic acids is 1. The van der Waals surface area contributed by atoms with E-state index in [1.807, 2.05) is 35.1 Å². The second-order valence-electron chi connectivity index (χ2n) is 9.00. The van der Waals surface area contributed by atoms with E-state index in [2.05, 4.69) is 43.4 Å². The molecule has 4 aromatic rings. The van der Waals surface area contributed by atoms with Gasteiger partial charge in [0.05, 0.1) is 40.2 Å². The first-order valence-corrected chi connectivity index (χ1v) is 11.6. The molecule has 1 amide bonds. The fraction of sp³-hybridized carbons (Fsp3) is 0.269. The predicted molar refractivity (Wildman–Crippen MR) is 131 cm³/mol. The van der Waals surface area contributed by atoms with Crippen LogP contribution < -0.4 is 5.32 Å². The van der Waals surface area contributed by atoms with Crippen molar-refractivity contribution in [2.24, 2.45) is 0 Å². The van der Waals surface area contributed by atoms with E-state index in [9.17, 15) is 4.79 Å². The van der Waals surface area contributed by atoms with Gasteiger partial charge in [0.15, 0.2) is 0 Å². The number of aromatic nitrogens is 5. The fourth-order valence-corrected chi connectivity index (χ4v) is 4.79. The second-order valence-corrected chi connectivity index (χ2v) is 9.00. The Morgan fingerprint density at radius 1 is 1.03 bits per heavy atom. The molecule has 1 saturated heterocycles. The summed E-state index contributed by atoms with van der Waals surface area (Å²) >= 11 is 0. The molecule has 1 N–H and O–H groups in total. The molecule has 1 aliphatic heterocycles. The van der Waals surface area contributed by atoms with Gasteiger partial charge in [-0.3, -0.25) is 24.4 Å². The minimum atomic E-state index is -0.186. The number of pyridine rings is 1. The lowest BCUT2D eigenvalue weighted by Gasteiger charge is -2.28. The van der Waals surface area contributed by atoms with E-state index in [0.29, 0.717) is 17.3 Å². The van der Waals surface area contributed by atoms with E-state index in [0.717, 1.165) is 65.8 Å². The Kier molecular flexibility index (Phi) is 5.15. The number of allylic oxidation sites excluding steroid dienone is 1. The first kappa shape index (κ1) is 20.7. The minimum Gasteiger partial charge on any atom is -0.319 e. The van der Waals surface area contributed by atoms with Crippen molar-refractivity contribution in [1.29, 1.82) is 0 Å². The van der Waals surface area contributed by atoms with Crippen molar-refractivity contribution in [3.63, 3.8) is 0 Å². The van der Waals surface area contributed by atoms with Crippen molar-refractivity contribution in [3.8, 4) is 0 Å². The van der Waals surface area contributed by atoms with Crippen LogP contribution >= 0.6 is 0 Å². The summed E-state index contributed by atoms with van der Waals surface area (Å²) in [5.41, 5.74) is 7.01. The molecule has 34 heavy (non-hydrogen) atoms. The van der Waals surface area contributed by atoms with Crippen molar-refractivity contribution in [3.05, 3.63) is 83.7 Å². The van der Waals surface area contributed by atoms with Gasteiger partial charge in [0.1, 0.15) is 0 Å². The molecule has 1 aromatic carbocycles. The van der Waals surface area contributed by atoms with E-state index >= 15 is 0 Å². The summed E-state index contributed by atoms with van der Waals surface area (Å²) in [5.74, 6) is -0.186. The molecule has 170 valence electrons. The summed E-state index contributed by atoms with van der Waals surface area (Å²) in [4.78, 5) is 28.7. The van der Waals surface area contributed by atoms with Gasteiger partial charge in [-0.2, -0.15) is 5.10 Å². The third kappa shape index (κ3) is 3.86. The molecule has 2 aliphatic rings. The number of nitrogens with one attached hydrogen (secondary N) is 1. The molecule has 0 saturated carbocycles. The Morgan fingerprint density at radius 3 is 2.71 bits per heavy atom. The van der Waals surface area contributed by atoms with Crippen molar-refractivity contribution >= 4 is 28.2 Å². The monoisotopic (exact) mass is 451 g/mol. The zero-order chi connectivity index (χ0) is 23.1. The number of amides is 1. The second kappa shape index (κ2) is 8.46. The lowest BCUT2D eigenvalue weighted by atomic mass is 9.99. The molecule has 0 bridgehead atoms. The molecule has 1 fully saturated rings. The van der Waals surface area contributed by atoms with Crippen molar-refractivity contribution in [2.75, 3.05) is 25.5 Å². The minimum absolute atomic E-state index is 0.186. The predicted octanol–water partition coefficient (Wildman–Crippen LogP) is 3.73. The summed E-state index contributed by atoms with van der Waals surface area (Å²) < 4.78 is 1.98. The van der Waals surface area contributed by atoms with Crippen LogP contribution in [-0.2, 0) is 6.42 Å². The Labute approximate surface area is 197 Å². The Hall–Kier alpha value is -3.91. The smallest absolute Gasteiger partial charge is 0.257 e. The largest absolute Gasteiger partial charge is 0.319 e. The summed E-state index contributed by atoms with van der Waals surface area (Å²) in [6.07, 6.45) is 13.7. The van der Waals surface area contributed by atoms with Gasteiger partial charge in [0.2, 0.25) is 0 Å². The maximum absolute atomic E-state index is 13.0. The van der Waals surface area contributed by atoms with Crippen LogP contribution in [0.1, 0.15) is 46.1 Å². The zero-order valence-corrected chi connectivity index (χ0v) is 19.0. The highest BCUT2D eigenvalue weighted by Gasteiger charge is 2.21. The number of anilines is 1. The van der Waals surface area contributed by atoms with Gasteiger partial charge in [-0.05, 0) is 62.3 Å². The molecule has 8 nitrogen and oxygen atoms in total. The average molecular weight is 452 g/mol. The number of nitrogens with zero attached hydrogens (tertiary/aromatic N) is 6. The Balaban J connectivity index is 1.21. The number of benzene rings is 1.